The highest BCUT2D eigenvalue weighted by atomic mass is 32.2. The zero-order chi connectivity index (χ0) is 14.2. The highest BCUT2D eigenvalue weighted by molar-refractivity contribution is 7.99. The highest BCUT2D eigenvalue weighted by Gasteiger charge is 2.11. The number of amides is 1. The zero-order valence-electron chi connectivity index (χ0n) is 11.3. The third kappa shape index (κ3) is 4.41. The Morgan fingerprint density at radius 2 is 2.30 bits per heavy atom. The van der Waals surface area contributed by atoms with Crippen LogP contribution in [-0.4, -0.2) is 59.4 Å². The molecule has 1 amide bonds. The molecular formula is C13H19N5OS. The number of nitrogens with zero attached hydrogens (tertiary/aromatic N) is 3. The summed E-state index contributed by atoms with van der Waals surface area (Å²) in [4.78, 5) is 22.0. The van der Waals surface area contributed by atoms with Crippen LogP contribution in [0.3, 0.4) is 0 Å². The van der Waals surface area contributed by atoms with Crippen LogP contribution in [0, 0.1) is 0 Å². The highest BCUT2D eigenvalue weighted by Crippen LogP contribution is 2.08. The molecule has 1 fully saturated rings. The molecule has 108 valence electrons. The maximum absolute atomic E-state index is 11.7. The van der Waals surface area contributed by atoms with Crippen LogP contribution in [0.5, 0.6) is 0 Å². The molecule has 0 bridgehead atoms. The van der Waals surface area contributed by atoms with Gasteiger partial charge in [-0.3, -0.25) is 14.8 Å². The van der Waals surface area contributed by atoms with Crippen LogP contribution in [0.1, 0.15) is 10.4 Å². The SMILES string of the molecule is NC(=NCCNC(=O)c1cccnc1)N1CCSCC1. The van der Waals surface area contributed by atoms with Crippen LogP contribution in [0.4, 0.5) is 0 Å². The Bertz CT molecular complexity index is 459. The average Bonchev–Trinajstić information content (AvgIpc) is 2.53. The van der Waals surface area contributed by atoms with E-state index in [1.54, 1.807) is 24.5 Å². The van der Waals surface area contributed by atoms with Crippen LogP contribution in [0.25, 0.3) is 0 Å². The summed E-state index contributed by atoms with van der Waals surface area (Å²) in [5, 5.41) is 2.79. The first-order chi connectivity index (χ1) is 9.77. The van der Waals surface area contributed by atoms with Crippen molar-refractivity contribution in [3.05, 3.63) is 30.1 Å². The molecule has 0 saturated carbocycles. The van der Waals surface area contributed by atoms with E-state index in [4.69, 9.17) is 5.73 Å². The third-order valence-corrected chi connectivity index (χ3v) is 3.87. The van der Waals surface area contributed by atoms with Crippen molar-refractivity contribution < 1.29 is 4.79 Å². The second-order valence-corrected chi connectivity index (χ2v) is 5.56. The fourth-order valence-electron chi connectivity index (χ4n) is 1.83. The van der Waals surface area contributed by atoms with Gasteiger partial charge in [0.1, 0.15) is 0 Å². The van der Waals surface area contributed by atoms with Crippen LogP contribution in [0.15, 0.2) is 29.5 Å². The Hall–Kier alpha value is -1.76. The minimum atomic E-state index is -0.138. The number of pyridine rings is 1. The van der Waals surface area contributed by atoms with E-state index < -0.39 is 0 Å². The van der Waals surface area contributed by atoms with E-state index in [-0.39, 0.29) is 5.91 Å². The molecule has 7 heteroatoms. The van der Waals surface area contributed by atoms with E-state index in [1.165, 1.54) is 0 Å². The standard InChI is InChI=1S/C13H19N5OS/c14-13(18-6-8-20-9-7-18)17-5-4-16-12(19)11-2-1-3-15-10-11/h1-3,10H,4-9H2,(H2,14,17)(H,16,19). The second-order valence-electron chi connectivity index (χ2n) is 4.34. The van der Waals surface area contributed by atoms with E-state index in [2.05, 4.69) is 20.2 Å². The first-order valence-electron chi connectivity index (χ1n) is 6.58. The van der Waals surface area contributed by atoms with E-state index in [0.29, 0.717) is 24.6 Å². The minimum Gasteiger partial charge on any atom is -0.370 e. The van der Waals surface area contributed by atoms with E-state index in [1.807, 2.05) is 11.8 Å². The van der Waals surface area contributed by atoms with E-state index in [9.17, 15) is 4.79 Å². The second kappa shape index (κ2) is 7.74. The maximum atomic E-state index is 11.7. The Morgan fingerprint density at radius 3 is 3.00 bits per heavy atom. The van der Waals surface area contributed by atoms with Gasteiger partial charge in [0, 0.05) is 43.5 Å². The maximum Gasteiger partial charge on any atom is 0.252 e. The van der Waals surface area contributed by atoms with Gasteiger partial charge >= 0.3 is 0 Å². The normalized spacial score (nSPS) is 16.0. The molecule has 1 saturated heterocycles. The fraction of sp³-hybridized carbons (Fsp3) is 0.462. The monoisotopic (exact) mass is 293 g/mol. The largest absolute Gasteiger partial charge is 0.370 e. The number of aromatic nitrogens is 1. The van der Waals surface area contributed by atoms with Crippen LogP contribution in [0.2, 0.25) is 0 Å². The van der Waals surface area contributed by atoms with Gasteiger partial charge in [0.15, 0.2) is 5.96 Å². The predicted molar refractivity (Wildman–Crippen MR) is 82.0 cm³/mol. The Labute approximate surface area is 122 Å². The van der Waals surface area contributed by atoms with Crippen molar-refractivity contribution in [3.63, 3.8) is 0 Å². The Balaban J connectivity index is 1.71. The molecule has 0 atom stereocenters. The van der Waals surface area contributed by atoms with Gasteiger partial charge < -0.3 is 16.0 Å². The van der Waals surface area contributed by atoms with Crippen molar-refractivity contribution in [2.45, 2.75) is 0 Å². The molecule has 1 aromatic rings. The first kappa shape index (κ1) is 14.6. The quantitative estimate of drug-likeness (QED) is 0.470. The molecule has 0 aromatic carbocycles. The molecule has 2 rings (SSSR count). The number of carbonyl (C=O) groups is 1. The summed E-state index contributed by atoms with van der Waals surface area (Å²) in [5.74, 6) is 2.62. The summed E-state index contributed by atoms with van der Waals surface area (Å²) in [5.41, 5.74) is 6.47. The lowest BCUT2D eigenvalue weighted by Crippen LogP contribution is -2.43. The smallest absolute Gasteiger partial charge is 0.252 e. The van der Waals surface area contributed by atoms with Gasteiger partial charge in [0.2, 0.25) is 0 Å². The van der Waals surface area contributed by atoms with Gasteiger partial charge in [0.25, 0.3) is 5.91 Å². The lowest BCUT2D eigenvalue weighted by atomic mass is 10.3. The number of guanidine groups is 1. The summed E-state index contributed by atoms with van der Waals surface area (Å²) in [6.45, 7) is 2.85. The number of thioether (sulfide) groups is 1. The molecule has 6 nitrogen and oxygen atoms in total. The summed E-state index contributed by atoms with van der Waals surface area (Å²) in [7, 11) is 0. The van der Waals surface area contributed by atoms with Gasteiger partial charge in [-0.1, -0.05) is 0 Å². The minimum absolute atomic E-state index is 0.138. The topological polar surface area (TPSA) is 83.6 Å². The molecule has 20 heavy (non-hydrogen) atoms. The van der Waals surface area contributed by atoms with Crippen molar-refractivity contribution in [1.29, 1.82) is 0 Å². The van der Waals surface area contributed by atoms with Crippen molar-refractivity contribution in [3.8, 4) is 0 Å². The molecule has 2 heterocycles. The van der Waals surface area contributed by atoms with Crippen molar-refractivity contribution in [2.75, 3.05) is 37.7 Å². The van der Waals surface area contributed by atoms with Gasteiger partial charge in [-0.05, 0) is 12.1 Å². The Morgan fingerprint density at radius 1 is 1.50 bits per heavy atom. The van der Waals surface area contributed by atoms with Gasteiger partial charge in [-0.2, -0.15) is 11.8 Å². The molecule has 1 aliphatic rings. The van der Waals surface area contributed by atoms with E-state index in [0.717, 1.165) is 24.6 Å². The summed E-state index contributed by atoms with van der Waals surface area (Å²) in [6, 6.07) is 3.46. The summed E-state index contributed by atoms with van der Waals surface area (Å²) in [6.07, 6.45) is 3.18. The molecule has 0 unspecified atom stereocenters. The number of hydrogen-bond donors (Lipinski definition) is 2. The average molecular weight is 293 g/mol. The van der Waals surface area contributed by atoms with Gasteiger partial charge in [0.05, 0.1) is 12.1 Å². The number of nitrogens with two attached hydrogens (primary N) is 1. The van der Waals surface area contributed by atoms with Crippen molar-refractivity contribution >= 4 is 23.6 Å². The number of nitrogens with one attached hydrogen (secondary N) is 1. The van der Waals surface area contributed by atoms with Crippen LogP contribution < -0.4 is 11.1 Å². The number of rotatable bonds is 4. The molecule has 1 aliphatic heterocycles. The molecule has 0 aliphatic carbocycles. The molecule has 0 spiro atoms. The van der Waals surface area contributed by atoms with Crippen molar-refractivity contribution in [1.82, 2.24) is 15.2 Å². The number of aliphatic imine (C=N–C) groups is 1. The lowest BCUT2D eigenvalue weighted by Gasteiger charge is -2.27. The summed E-state index contributed by atoms with van der Waals surface area (Å²) < 4.78 is 0. The van der Waals surface area contributed by atoms with Crippen molar-refractivity contribution in [2.24, 2.45) is 10.7 Å². The van der Waals surface area contributed by atoms with E-state index >= 15 is 0 Å². The third-order valence-electron chi connectivity index (χ3n) is 2.93. The Kier molecular flexibility index (Phi) is 5.67. The molecule has 1 aromatic heterocycles. The lowest BCUT2D eigenvalue weighted by molar-refractivity contribution is 0.0954. The zero-order valence-corrected chi connectivity index (χ0v) is 12.1. The first-order valence-corrected chi connectivity index (χ1v) is 7.73. The fourth-order valence-corrected chi connectivity index (χ4v) is 2.73. The number of hydrogen-bond acceptors (Lipinski definition) is 4. The predicted octanol–water partition coefficient (Wildman–Crippen LogP) is 0.175. The van der Waals surface area contributed by atoms with Gasteiger partial charge in [-0.15, -0.1) is 0 Å². The summed E-state index contributed by atoms with van der Waals surface area (Å²) >= 11 is 1.93. The molecular weight excluding hydrogens is 274 g/mol. The molecule has 3 N–H and O–H groups in total. The molecule has 0 radical (unpaired) electrons. The van der Waals surface area contributed by atoms with Gasteiger partial charge in [-0.25, -0.2) is 0 Å². The van der Waals surface area contributed by atoms with Crippen LogP contribution in [-0.2, 0) is 0 Å². The van der Waals surface area contributed by atoms with Crippen LogP contribution >= 0.6 is 11.8 Å². The number of carbonyl (C=O) groups excluding carboxylic acids is 1.